The molecule has 0 unspecified atom stereocenters. The maximum absolute atomic E-state index is 13.5. The molecule has 7 heteroatoms. The molecule has 5 nitrogen and oxygen atoms in total. The Hall–Kier alpha value is -3.06. The number of amides is 1. The van der Waals surface area contributed by atoms with Crippen molar-refractivity contribution in [3.63, 3.8) is 0 Å². The molecule has 1 aliphatic heterocycles. The van der Waals surface area contributed by atoms with Gasteiger partial charge in [0.05, 0.1) is 17.7 Å². The van der Waals surface area contributed by atoms with Gasteiger partial charge in [0.15, 0.2) is 0 Å². The van der Waals surface area contributed by atoms with Gasteiger partial charge in [0.2, 0.25) is 5.91 Å². The second kappa shape index (κ2) is 8.98. The SMILES string of the molecule is CC(C)n1cnc2c1[C@@H](C(=O)NCc1cc(F)cc(F)c1)N(Cc1ccccc1)CC2. The van der Waals surface area contributed by atoms with Gasteiger partial charge < -0.3 is 9.88 Å². The van der Waals surface area contributed by atoms with Gasteiger partial charge in [-0.2, -0.15) is 0 Å². The number of halogens is 2. The van der Waals surface area contributed by atoms with Gasteiger partial charge in [0, 0.05) is 38.2 Å². The standard InChI is InChI=1S/C24H26F2N4O/c1-16(2)30-15-28-21-8-9-29(14-17-6-4-3-5-7-17)23(22(21)30)24(31)27-13-18-10-19(25)12-20(26)11-18/h3-7,10-12,15-16,23H,8-9,13-14H2,1-2H3,(H,27,31)/t23-/m0/s1. The summed E-state index contributed by atoms with van der Waals surface area (Å²) < 4.78 is 29.1. The molecule has 1 aliphatic rings. The van der Waals surface area contributed by atoms with Crippen molar-refractivity contribution in [3.8, 4) is 0 Å². The molecule has 0 radical (unpaired) electrons. The average molecular weight is 424 g/mol. The second-order valence-electron chi connectivity index (χ2n) is 8.18. The quantitative estimate of drug-likeness (QED) is 0.647. The summed E-state index contributed by atoms with van der Waals surface area (Å²) in [5.74, 6) is -1.52. The van der Waals surface area contributed by atoms with E-state index in [1.54, 1.807) is 6.33 Å². The van der Waals surface area contributed by atoms with Crippen molar-refractivity contribution in [2.75, 3.05) is 6.54 Å². The van der Waals surface area contributed by atoms with Crippen LogP contribution in [0.1, 0.15) is 48.4 Å². The maximum Gasteiger partial charge on any atom is 0.243 e. The van der Waals surface area contributed by atoms with E-state index in [1.807, 2.05) is 34.9 Å². The summed E-state index contributed by atoms with van der Waals surface area (Å²) in [6.07, 6.45) is 2.56. The Morgan fingerprint density at radius 1 is 1.13 bits per heavy atom. The number of hydrogen-bond acceptors (Lipinski definition) is 3. The number of hydrogen-bond donors (Lipinski definition) is 1. The largest absolute Gasteiger partial charge is 0.350 e. The fraction of sp³-hybridized carbons (Fsp3) is 0.333. The first-order valence-corrected chi connectivity index (χ1v) is 10.5. The first-order valence-electron chi connectivity index (χ1n) is 10.5. The van der Waals surface area contributed by atoms with Crippen LogP contribution in [0.5, 0.6) is 0 Å². The van der Waals surface area contributed by atoms with E-state index < -0.39 is 17.7 Å². The lowest BCUT2D eigenvalue weighted by Crippen LogP contribution is -2.45. The van der Waals surface area contributed by atoms with Crippen molar-refractivity contribution in [1.29, 1.82) is 0 Å². The zero-order valence-electron chi connectivity index (χ0n) is 17.7. The summed E-state index contributed by atoms with van der Waals surface area (Å²) in [4.78, 5) is 20.1. The molecule has 0 saturated carbocycles. The fourth-order valence-corrected chi connectivity index (χ4v) is 4.14. The van der Waals surface area contributed by atoms with Crippen LogP contribution in [0.15, 0.2) is 54.9 Å². The molecule has 1 atom stereocenters. The average Bonchev–Trinajstić information content (AvgIpc) is 3.16. The Kier molecular flexibility index (Phi) is 6.13. The topological polar surface area (TPSA) is 50.2 Å². The van der Waals surface area contributed by atoms with Crippen molar-refractivity contribution in [2.24, 2.45) is 0 Å². The molecule has 162 valence electrons. The van der Waals surface area contributed by atoms with E-state index >= 15 is 0 Å². The molecule has 0 fully saturated rings. The minimum absolute atomic E-state index is 0.0499. The second-order valence-corrected chi connectivity index (χ2v) is 8.18. The third kappa shape index (κ3) is 4.66. The summed E-state index contributed by atoms with van der Waals surface area (Å²) in [6.45, 7) is 5.49. The predicted molar refractivity (Wildman–Crippen MR) is 114 cm³/mol. The molecule has 0 bridgehead atoms. The number of carbonyl (C=O) groups excluding carboxylic acids is 1. The third-order valence-corrected chi connectivity index (χ3v) is 5.59. The number of imidazole rings is 1. The number of nitrogens with one attached hydrogen (secondary N) is 1. The van der Waals surface area contributed by atoms with Gasteiger partial charge in [0.25, 0.3) is 0 Å². The van der Waals surface area contributed by atoms with Gasteiger partial charge in [-0.15, -0.1) is 0 Å². The van der Waals surface area contributed by atoms with Crippen LogP contribution in [0, 0.1) is 11.6 Å². The molecule has 2 aromatic carbocycles. The van der Waals surface area contributed by atoms with Crippen molar-refractivity contribution in [1.82, 2.24) is 19.8 Å². The first kappa shape index (κ1) is 21.2. The molecule has 1 aromatic heterocycles. The predicted octanol–water partition coefficient (Wildman–Crippen LogP) is 4.16. The van der Waals surface area contributed by atoms with Crippen LogP contribution in [0.25, 0.3) is 0 Å². The van der Waals surface area contributed by atoms with E-state index in [9.17, 15) is 13.6 Å². The van der Waals surface area contributed by atoms with E-state index in [0.29, 0.717) is 18.7 Å². The Labute approximate surface area is 180 Å². The summed E-state index contributed by atoms with van der Waals surface area (Å²) in [5, 5.41) is 2.88. The van der Waals surface area contributed by atoms with Crippen molar-refractivity contribution in [2.45, 2.75) is 45.4 Å². The fourth-order valence-electron chi connectivity index (χ4n) is 4.14. The molecular formula is C24H26F2N4O. The Morgan fingerprint density at radius 2 is 1.84 bits per heavy atom. The van der Waals surface area contributed by atoms with Gasteiger partial charge in [-0.05, 0) is 37.1 Å². The summed E-state index contributed by atoms with van der Waals surface area (Å²) in [5.41, 5.74) is 3.32. The van der Waals surface area contributed by atoms with Crippen LogP contribution in [-0.2, 0) is 24.3 Å². The molecule has 1 N–H and O–H groups in total. The zero-order chi connectivity index (χ0) is 22.0. The van der Waals surface area contributed by atoms with Gasteiger partial charge in [-0.1, -0.05) is 30.3 Å². The Morgan fingerprint density at radius 3 is 2.52 bits per heavy atom. The molecule has 3 aromatic rings. The monoisotopic (exact) mass is 424 g/mol. The third-order valence-electron chi connectivity index (χ3n) is 5.59. The van der Waals surface area contributed by atoms with E-state index in [-0.39, 0.29) is 18.5 Å². The van der Waals surface area contributed by atoms with Crippen molar-refractivity contribution in [3.05, 3.63) is 89.0 Å². The van der Waals surface area contributed by atoms with E-state index in [2.05, 4.69) is 29.0 Å². The van der Waals surface area contributed by atoms with Crippen molar-refractivity contribution < 1.29 is 13.6 Å². The lowest BCUT2D eigenvalue weighted by Gasteiger charge is -2.36. The lowest BCUT2D eigenvalue weighted by molar-refractivity contribution is -0.127. The Balaban J connectivity index is 1.62. The van der Waals surface area contributed by atoms with Crippen LogP contribution >= 0.6 is 0 Å². The normalized spacial score (nSPS) is 16.4. The Bertz CT molecular complexity index is 1040. The van der Waals surface area contributed by atoms with Crippen LogP contribution in [0.4, 0.5) is 8.78 Å². The van der Waals surface area contributed by atoms with E-state index in [1.165, 1.54) is 12.1 Å². The van der Waals surface area contributed by atoms with Crippen LogP contribution in [0.2, 0.25) is 0 Å². The number of aromatic nitrogens is 2. The molecule has 4 rings (SSSR count). The lowest BCUT2D eigenvalue weighted by atomic mass is 9.99. The number of rotatable bonds is 6. The van der Waals surface area contributed by atoms with Crippen LogP contribution < -0.4 is 5.32 Å². The first-order chi connectivity index (χ1) is 14.9. The molecule has 1 amide bonds. The molecule has 0 spiro atoms. The highest BCUT2D eigenvalue weighted by atomic mass is 19.1. The van der Waals surface area contributed by atoms with Gasteiger partial charge in [0.1, 0.15) is 17.7 Å². The van der Waals surface area contributed by atoms with E-state index in [4.69, 9.17) is 0 Å². The van der Waals surface area contributed by atoms with Gasteiger partial charge in [-0.3, -0.25) is 9.69 Å². The highest BCUT2D eigenvalue weighted by Crippen LogP contribution is 2.32. The highest BCUT2D eigenvalue weighted by Gasteiger charge is 2.36. The molecule has 31 heavy (non-hydrogen) atoms. The smallest absolute Gasteiger partial charge is 0.243 e. The van der Waals surface area contributed by atoms with Crippen molar-refractivity contribution >= 4 is 5.91 Å². The van der Waals surface area contributed by atoms with Crippen LogP contribution in [-0.4, -0.2) is 26.9 Å². The number of fused-ring (bicyclic) bond motifs is 1. The molecular weight excluding hydrogens is 398 g/mol. The van der Waals surface area contributed by atoms with Crippen LogP contribution in [0.3, 0.4) is 0 Å². The number of nitrogens with zero attached hydrogens (tertiary/aromatic N) is 3. The summed E-state index contributed by atoms with van der Waals surface area (Å²) >= 11 is 0. The maximum atomic E-state index is 13.5. The minimum atomic E-state index is -0.659. The number of benzene rings is 2. The van der Waals surface area contributed by atoms with E-state index in [0.717, 1.165) is 29.4 Å². The number of carbonyl (C=O) groups is 1. The highest BCUT2D eigenvalue weighted by molar-refractivity contribution is 5.83. The van der Waals surface area contributed by atoms with Gasteiger partial charge >= 0.3 is 0 Å². The zero-order valence-corrected chi connectivity index (χ0v) is 17.7. The minimum Gasteiger partial charge on any atom is -0.350 e. The summed E-state index contributed by atoms with van der Waals surface area (Å²) in [7, 11) is 0. The molecule has 2 heterocycles. The van der Waals surface area contributed by atoms with Gasteiger partial charge in [-0.25, -0.2) is 13.8 Å². The molecule has 0 saturated heterocycles. The molecule has 0 aliphatic carbocycles. The summed E-state index contributed by atoms with van der Waals surface area (Å²) in [6, 6.07) is 12.9.